The number of nitrogens with zero attached hydrogens (tertiary/aromatic N) is 2. The highest BCUT2D eigenvalue weighted by Crippen LogP contribution is 2.46. The Kier molecular flexibility index (Phi) is 5.05. The molecule has 4 nitrogen and oxygen atoms in total. The number of thiazole rings is 1. The first-order valence-electron chi connectivity index (χ1n) is 12.2. The molecule has 1 atom stereocenters. The number of para-hydroxylation sites is 3. The van der Waals surface area contributed by atoms with Crippen molar-refractivity contribution in [2.75, 3.05) is 0 Å². The molecule has 0 radical (unpaired) electrons. The third kappa shape index (κ3) is 3.59. The largest absolute Gasteiger partial charge is 0.456 e. The highest BCUT2D eigenvalue weighted by molar-refractivity contribution is 7.15. The minimum atomic E-state index is -0.0914. The van der Waals surface area contributed by atoms with Crippen LogP contribution >= 0.6 is 11.3 Å². The third-order valence-electron chi connectivity index (χ3n) is 6.89. The van der Waals surface area contributed by atoms with Gasteiger partial charge in [-0.3, -0.25) is 4.79 Å². The molecule has 0 saturated heterocycles. The number of aryl methyl sites for hydroxylation is 1. The second-order valence-corrected chi connectivity index (χ2v) is 10.3. The number of rotatable bonds is 3. The molecule has 1 aliphatic heterocycles. The zero-order chi connectivity index (χ0) is 24.9. The number of imidazole rings is 1. The minimum Gasteiger partial charge on any atom is -0.456 e. The first-order valence-corrected chi connectivity index (χ1v) is 13.0. The van der Waals surface area contributed by atoms with Gasteiger partial charge in [0.15, 0.2) is 4.96 Å². The maximum absolute atomic E-state index is 13.7. The van der Waals surface area contributed by atoms with E-state index in [2.05, 4.69) is 49.4 Å². The van der Waals surface area contributed by atoms with Crippen LogP contribution in [0.1, 0.15) is 28.2 Å². The van der Waals surface area contributed by atoms with Gasteiger partial charge in [0, 0.05) is 22.6 Å². The summed E-state index contributed by atoms with van der Waals surface area (Å²) in [5.74, 6) is 1.50. The molecule has 7 rings (SSSR count). The molecule has 0 saturated carbocycles. The van der Waals surface area contributed by atoms with Crippen LogP contribution in [-0.4, -0.2) is 9.38 Å². The summed E-state index contributed by atoms with van der Waals surface area (Å²) in [6, 6.07) is 34.7. The molecule has 0 N–H and O–H groups in total. The smallest absolute Gasteiger partial charge is 0.274 e. The van der Waals surface area contributed by atoms with Gasteiger partial charge in [-0.2, -0.15) is 0 Å². The molecule has 0 fully saturated rings. The summed E-state index contributed by atoms with van der Waals surface area (Å²) in [7, 11) is 0. The van der Waals surface area contributed by atoms with Gasteiger partial charge in [0.1, 0.15) is 11.5 Å². The fourth-order valence-corrected chi connectivity index (χ4v) is 6.09. The molecule has 2 aromatic heterocycles. The highest BCUT2D eigenvalue weighted by Gasteiger charge is 2.31. The molecule has 3 heterocycles. The fourth-order valence-electron chi connectivity index (χ4n) is 5.11. The molecule has 0 bridgehead atoms. The van der Waals surface area contributed by atoms with Gasteiger partial charge in [0.25, 0.3) is 5.56 Å². The van der Waals surface area contributed by atoms with Crippen LogP contribution in [0, 0.1) is 6.92 Å². The van der Waals surface area contributed by atoms with E-state index >= 15 is 0 Å². The third-order valence-corrected chi connectivity index (χ3v) is 7.86. The Morgan fingerprint density at radius 2 is 1.59 bits per heavy atom. The molecule has 37 heavy (non-hydrogen) atoms. The normalized spacial score (nSPS) is 15.8. The SMILES string of the molecule is Cc1ccc([C@H]2C(/C=c3/sc4nc5ccccc5n4c3=O)=C(c3ccccc3)Oc3ccccc32)cc1. The van der Waals surface area contributed by atoms with Crippen molar-refractivity contribution in [1.82, 2.24) is 9.38 Å². The quantitative estimate of drug-likeness (QED) is 0.285. The average Bonchev–Trinajstić information content (AvgIpc) is 3.45. The molecule has 1 aliphatic rings. The Hall–Kier alpha value is -4.48. The Balaban J connectivity index is 1.54. The van der Waals surface area contributed by atoms with E-state index in [4.69, 9.17) is 9.72 Å². The zero-order valence-corrected chi connectivity index (χ0v) is 20.9. The summed E-state index contributed by atoms with van der Waals surface area (Å²) in [6.07, 6.45) is 2.01. The van der Waals surface area contributed by atoms with E-state index < -0.39 is 0 Å². The van der Waals surface area contributed by atoms with E-state index in [1.165, 1.54) is 16.9 Å². The molecule has 0 spiro atoms. The van der Waals surface area contributed by atoms with E-state index in [1.54, 1.807) is 4.40 Å². The Labute approximate surface area is 217 Å². The number of ether oxygens (including phenoxy) is 1. The number of fused-ring (bicyclic) bond motifs is 4. The van der Waals surface area contributed by atoms with Gasteiger partial charge in [-0.15, -0.1) is 0 Å². The standard InChI is InChI=1S/C32H22N2O2S/c1-20-15-17-21(18-16-20)29-23-11-5-8-14-27(23)36-30(22-9-3-2-4-10-22)24(29)19-28-31(35)34-26-13-7-6-12-25(26)33-32(34)37-28/h2-19,29H,1H3/b28-19+/t29-/m1/s1. The molecule has 0 amide bonds. The molecule has 6 aromatic rings. The van der Waals surface area contributed by atoms with Crippen LogP contribution < -0.4 is 14.8 Å². The summed E-state index contributed by atoms with van der Waals surface area (Å²) in [5.41, 5.74) is 6.96. The van der Waals surface area contributed by atoms with Crippen molar-refractivity contribution >= 4 is 39.2 Å². The van der Waals surface area contributed by atoms with Gasteiger partial charge in [0.05, 0.1) is 15.6 Å². The van der Waals surface area contributed by atoms with Crippen molar-refractivity contribution in [3.8, 4) is 5.75 Å². The van der Waals surface area contributed by atoms with Crippen LogP contribution in [0.15, 0.2) is 113 Å². The lowest BCUT2D eigenvalue weighted by molar-refractivity contribution is 0.488. The van der Waals surface area contributed by atoms with Crippen molar-refractivity contribution in [1.29, 1.82) is 0 Å². The van der Waals surface area contributed by atoms with Crippen LogP contribution in [0.3, 0.4) is 0 Å². The molecular formula is C32H22N2O2S. The zero-order valence-electron chi connectivity index (χ0n) is 20.1. The minimum absolute atomic E-state index is 0.0601. The van der Waals surface area contributed by atoms with Gasteiger partial charge in [-0.25, -0.2) is 9.38 Å². The second-order valence-electron chi connectivity index (χ2n) is 9.27. The predicted octanol–water partition coefficient (Wildman–Crippen LogP) is 6.35. The van der Waals surface area contributed by atoms with Crippen molar-refractivity contribution in [2.24, 2.45) is 0 Å². The summed E-state index contributed by atoms with van der Waals surface area (Å²) >= 11 is 1.42. The first kappa shape index (κ1) is 21.8. The topological polar surface area (TPSA) is 43.6 Å². The second kappa shape index (κ2) is 8.57. The van der Waals surface area contributed by atoms with Gasteiger partial charge in [0.2, 0.25) is 0 Å². The molecule has 178 valence electrons. The van der Waals surface area contributed by atoms with Gasteiger partial charge in [-0.1, -0.05) is 102 Å². The summed E-state index contributed by atoms with van der Waals surface area (Å²) in [4.78, 5) is 19.1. The monoisotopic (exact) mass is 498 g/mol. The van der Waals surface area contributed by atoms with Crippen molar-refractivity contribution < 1.29 is 4.74 Å². The molecule has 0 aliphatic carbocycles. The van der Waals surface area contributed by atoms with Gasteiger partial charge < -0.3 is 4.74 Å². The van der Waals surface area contributed by atoms with E-state index in [9.17, 15) is 4.79 Å². The molecule has 0 unspecified atom stereocenters. The lowest BCUT2D eigenvalue weighted by Gasteiger charge is -2.30. The van der Waals surface area contributed by atoms with E-state index in [-0.39, 0.29) is 11.5 Å². The predicted molar refractivity (Wildman–Crippen MR) is 150 cm³/mol. The summed E-state index contributed by atoms with van der Waals surface area (Å²) in [5, 5.41) is 0. The van der Waals surface area contributed by atoms with Crippen LogP contribution in [0.2, 0.25) is 0 Å². The van der Waals surface area contributed by atoms with Crippen molar-refractivity contribution in [3.63, 3.8) is 0 Å². The van der Waals surface area contributed by atoms with Gasteiger partial charge in [-0.05, 0) is 36.8 Å². The molecule has 4 aromatic carbocycles. The number of hydrogen-bond donors (Lipinski definition) is 0. The molecule has 5 heteroatoms. The molecular weight excluding hydrogens is 476 g/mol. The fraction of sp³-hybridized carbons (Fsp3) is 0.0625. The van der Waals surface area contributed by atoms with Crippen molar-refractivity contribution in [2.45, 2.75) is 12.8 Å². The summed E-state index contributed by atoms with van der Waals surface area (Å²) < 4.78 is 8.92. The van der Waals surface area contributed by atoms with Crippen LogP contribution in [0.25, 0.3) is 27.8 Å². The van der Waals surface area contributed by atoms with Crippen LogP contribution in [0.5, 0.6) is 5.75 Å². The van der Waals surface area contributed by atoms with Crippen LogP contribution in [-0.2, 0) is 0 Å². The number of benzene rings is 4. The lowest BCUT2D eigenvalue weighted by Crippen LogP contribution is -2.24. The average molecular weight is 499 g/mol. The van der Waals surface area contributed by atoms with E-state index in [1.807, 2.05) is 66.7 Å². The number of allylic oxidation sites excluding steroid dienone is 1. The van der Waals surface area contributed by atoms with Gasteiger partial charge >= 0.3 is 0 Å². The summed E-state index contributed by atoms with van der Waals surface area (Å²) in [6.45, 7) is 2.09. The van der Waals surface area contributed by atoms with Crippen LogP contribution in [0.4, 0.5) is 0 Å². The van der Waals surface area contributed by atoms with Crippen molar-refractivity contribution in [3.05, 3.63) is 146 Å². The number of aromatic nitrogens is 2. The lowest BCUT2D eigenvalue weighted by atomic mass is 9.81. The Morgan fingerprint density at radius 1 is 0.865 bits per heavy atom. The Bertz CT molecular complexity index is 1930. The van der Waals surface area contributed by atoms with E-state index in [0.29, 0.717) is 9.49 Å². The number of hydrogen-bond acceptors (Lipinski definition) is 4. The van der Waals surface area contributed by atoms with E-state index in [0.717, 1.165) is 44.8 Å². The Morgan fingerprint density at radius 3 is 2.43 bits per heavy atom. The first-order chi connectivity index (χ1) is 18.2. The maximum atomic E-state index is 13.7. The highest BCUT2D eigenvalue weighted by atomic mass is 32.1. The maximum Gasteiger partial charge on any atom is 0.274 e.